The van der Waals surface area contributed by atoms with Crippen molar-refractivity contribution in [2.45, 2.75) is 32.1 Å². The van der Waals surface area contributed by atoms with E-state index >= 15 is 0 Å². The lowest BCUT2D eigenvalue weighted by atomic mass is 9.83. The molecule has 0 bridgehead atoms. The van der Waals surface area contributed by atoms with Gasteiger partial charge in [-0.1, -0.05) is 42.5 Å². The third kappa shape index (κ3) is 3.17. The maximum absolute atomic E-state index is 12.2. The molecule has 25 heavy (non-hydrogen) atoms. The standard InChI is InChI=1S/C18H14O.C5H8O/c19-17-7-3-5-13-9-10-15-14-6-2-1-4-12(14)8-11-16(15)18(13)17;1-2-4-6-5-3-1/h2-3,5-10H,1,4,11H2;2,4H,1,3,5H2. The summed E-state index contributed by atoms with van der Waals surface area (Å²) in [6.07, 6.45) is 21.6. The molecule has 0 unspecified atom stereocenters. The number of hydrogen-bond acceptors (Lipinski definition) is 2. The van der Waals surface area contributed by atoms with Crippen LogP contribution in [0.4, 0.5) is 0 Å². The number of benzene rings is 1. The van der Waals surface area contributed by atoms with Crippen molar-refractivity contribution in [1.29, 1.82) is 0 Å². The lowest BCUT2D eigenvalue weighted by Crippen LogP contribution is -2.29. The first kappa shape index (κ1) is 15.9. The molecule has 1 aliphatic heterocycles. The van der Waals surface area contributed by atoms with Crippen LogP contribution in [0.15, 0.2) is 60.4 Å². The summed E-state index contributed by atoms with van der Waals surface area (Å²) >= 11 is 0. The molecule has 0 aromatic heterocycles. The van der Waals surface area contributed by atoms with Gasteiger partial charge in [-0.3, -0.25) is 4.79 Å². The van der Waals surface area contributed by atoms with Crippen molar-refractivity contribution < 1.29 is 9.53 Å². The summed E-state index contributed by atoms with van der Waals surface area (Å²) in [5.41, 5.74) is 4.87. The fourth-order valence-electron chi connectivity index (χ4n) is 3.75. The number of carbonyl (C=O) groups is 1. The van der Waals surface area contributed by atoms with Gasteiger partial charge in [0, 0.05) is 5.56 Å². The average molecular weight is 330 g/mol. The Balaban J connectivity index is 0.000000223. The van der Waals surface area contributed by atoms with E-state index < -0.39 is 0 Å². The quantitative estimate of drug-likeness (QED) is 0.728. The smallest absolute Gasteiger partial charge is 0.186 e. The van der Waals surface area contributed by atoms with Gasteiger partial charge in [0.05, 0.1) is 12.9 Å². The van der Waals surface area contributed by atoms with Gasteiger partial charge in [0.25, 0.3) is 0 Å². The Morgan fingerprint density at radius 2 is 2.00 bits per heavy atom. The van der Waals surface area contributed by atoms with Gasteiger partial charge in [0.15, 0.2) is 5.78 Å². The van der Waals surface area contributed by atoms with Crippen LogP contribution in [0.1, 0.15) is 41.6 Å². The lowest BCUT2D eigenvalue weighted by Gasteiger charge is -2.21. The van der Waals surface area contributed by atoms with Crippen LogP contribution >= 0.6 is 0 Å². The molecule has 0 saturated carbocycles. The first-order valence-electron chi connectivity index (χ1n) is 9.06. The van der Waals surface area contributed by atoms with E-state index in [-0.39, 0.29) is 5.78 Å². The number of fused-ring (bicyclic) bond motifs is 4. The molecular weight excluding hydrogens is 308 g/mol. The molecule has 0 saturated heterocycles. The Morgan fingerprint density at radius 1 is 1.04 bits per heavy atom. The van der Waals surface area contributed by atoms with Crippen molar-refractivity contribution in [3.05, 3.63) is 82.0 Å². The number of ether oxygens (including phenoxy) is 1. The van der Waals surface area contributed by atoms with Gasteiger partial charge in [-0.05, 0) is 71.4 Å². The summed E-state index contributed by atoms with van der Waals surface area (Å²) in [6.45, 7) is 0.913. The second-order valence-corrected chi connectivity index (χ2v) is 6.62. The third-order valence-corrected chi connectivity index (χ3v) is 4.99. The van der Waals surface area contributed by atoms with Gasteiger partial charge in [-0.15, -0.1) is 0 Å². The van der Waals surface area contributed by atoms with E-state index in [1.54, 1.807) is 12.3 Å². The molecule has 0 fully saturated rings. The van der Waals surface area contributed by atoms with Gasteiger partial charge < -0.3 is 4.74 Å². The molecule has 0 amide bonds. The van der Waals surface area contributed by atoms with Crippen LogP contribution in [0, 0.1) is 0 Å². The number of hydrogen-bond donors (Lipinski definition) is 0. The minimum Gasteiger partial charge on any atom is -0.502 e. The minimum absolute atomic E-state index is 0.145. The van der Waals surface area contributed by atoms with Crippen LogP contribution in [0.25, 0.3) is 11.6 Å². The largest absolute Gasteiger partial charge is 0.502 e. The highest BCUT2D eigenvalue weighted by molar-refractivity contribution is 6.08. The molecule has 4 aliphatic rings. The van der Waals surface area contributed by atoms with E-state index in [1.165, 1.54) is 34.8 Å². The molecule has 2 heteroatoms. The average Bonchev–Trinajstić information content (AvgIpc) is 2.69. The Hall–Kier alpha value is -2.61. The van der Waals surface area contributed by atoms with Crippen LogP contribution in [0.2, 0.25) is 0 Å². The Morgan fingerprint density at radius 3 is 2.76 bits per heavy atom. The monoisotopic (exact) mass is 330 g/mol. The minimum atomic E-state index is 0.145. The van der Waals surface area contributed by atoms with E-state index in [2.05, 4.69) is 30.4 Å². The van der Waals surface area contributed by atoms with Crippen molar-refractivity contribution in [1.82, 2.24) is 0 Å². The number of carbonyl (C=O) groups excluding carboxylic acids is 1. The van der Waals surface area contributed by atoms with Crippen LogP contribution in [-0.2, 0) is 11.2 Å². The highest BCUT2D eigenvalue weighted by Crippen LogP contribution is 2.27. The fraction of sp³-hybridized carbons (Fsp3) is 0.261. The second-order valence-electron chi connectivity index (χ2n) is 6.62. The fourth-order valence-corrected chi connectivity index (χ4v) is 3.75. The zero-order chi connectivity index (χ0) is 17.1. The van der Waals surface area contributed by atoms with Crippen molar-refractivity contribution in [3.8, 4) is 0 Å². The zero-order valence-corrected chi connectivity index (χ0v) is 14.3. The normalized spacial score (nSPS) is 19.4. The van der Waals surface area contributed by atoms with Gasteiger partial charge in [0.1, 0.15) is 0 Å². The second kappa shape index (κ2) is 7.10. The van der Waals surface area contributed by atoms with E-state index in [0.717, 1.165) is 36.7 Å². The molecule has 1 heterocycles. The zero-order valence-electron chi connectivity index (χ0n) is 14.3. The molecule has 2 nitrogen and oxygen atoms in total. The Bertz CT molecular complexity index is 931. The van der Waals surface area contributed by atoms with Crippen LogP contribution in [-0.4, -0.2) is 12.4 Å². The Labute approximate surface area is 148 Å². The summed E-state index contributed by atoms with van der Waals surface area (Å²) in [5, 5.41) is 2.31. The Kier molecular flexibility index (Phi) is 4.51. The summed E-state index contributed by atoms with van der Waals surface area (Å²) in [6, 6.07) is 4.25. The van der Waals surface area contributed by atoms with E-state index in [1.807, 2.05) is 18.2 Å². The molecule has 126 valence electrons. The first-order valence-corrected chi connectivity index (χ1v) is 9.06. The summed E-state index contributed by atoms with van der Waals surface area (Å²) in [7, 11) is 0. The van der Waals surface area contributed by atoms with Crippen molar-refractivity contribution in [2.24, 2.45) is 0 Å². The van der Waals surface area contributed by atoms with Crippen LogP contribution in [0.3, 0.4) is 0 Å². The third-order valence-electron chi connectivity index (χ3n) is 4.99. The molecule has 1 aromatic rings. The predicted octanol–water partition coefficient (Wildman–Crippen LogP) is 3.51. The summed E-state index contributed by atoms with van der Waals surface area (Å²) < 4.78 is 4.89. The highest BCUT2D eigenvalue weighted by Gasteiger charge is 2.19. The number of allylic oxidation sites excluding steroid dienone is 7. The molecular formula is C23H22O2. The molecule has 0 atom stereocenters. The number of ketones is 1. The predicted molar refractivity (Wildman–Crippen MR) is 102 cm³/mol. The van der Waals surface area contributed by atoms with E-state index in [0.29, 0.717) is 0 Å². The van der Waals surface area contributed by atoms with E-state index in [9.17, 15) is 4.79 Å². The van der Waals surface area contributed by atoms with Crippen LogP contribution in [0.5, 0.6) is 0 Å². The lowest BCUT2D eigenvalue weighted by molar-refractivity contribution is 0.104. The maximum Gasteiger partial charge on any atom is 0.186 e. The molecule has 0 N–H and O–H groups in total. The molecule has 0 radical (unpaired) electrons. The van der Waals surface area contributed by atoms with Crippen molar-refractivity contribution >= 4 is 17.4 Å². The van der Waals surface area contributed by atoms with Crippen LogP contribution < -0.4 is 10.4 Å². The van der Waals surface area contributed by atoms with Crippen molar-refractivity contribution in [2.75, 3.05) is 6.61 Å². The topological polar surface area (TPSA) is 26.3 Å². The first-order chi connectivity index (χ1) is 12.3. The van der Waals surface area contributed by atoms with Crippen molar-refractivity contribution in [3.63, 3.8) is 0 Å². The van der Waals surface area contributed by atoms with Gasteiger partial charge in [0.2, 0.25) is 0 Å². The molecule has 1 aromatic carbocycles. The maximum atomic E-state index is 12.2. The summed E-state index contributed by atoms with van der Waals surface area (Å²) in [4.78, 5) is 12.2. The van der Waals surface area contributed by atoms with Gasteiger partial charge in [-0.25, -0.2) is 0 Å². The SMILES string of the molecule is C1=COCCC1.O=C1C=CC=c2ccc3c(c21)CC=C1CCC=CC=31. The summed E-state index contributed by atoms with van der Waals surface area (Å²) in [5.74, 6) is 0.145. The number of rotatable bonds is 0. The highest BCUT2D eigenvalue weighted by atomic mass is 16.5. The molecule has 0 spiro atoms. The molecule has 3 aliphatic carbocycles. The van der Waals surface area contributed by atoms with Gasteiger partial charge >= 0.3 is 0 Å². The molecule has 5 rings (SSSR count). The van der Waals surface area contributed by atoms with E-state index in [4.69, 9.17) is 4.74 Å². The van der Waals surface area contributed by atoms with Gasteiger partial charge in [-0.2, -0.15) is 0 Å².